The number of amides is 1. The molecule has 0 bridgehead atoms. The highest BCUT2D eigenvalue weighted by molar-refractivity contribution is 7.99. The van der Waals surface area contributed by atoms with Crippen LogP contribution >= 0.6 is 11.8 Å². The van der Waals surface area contributed by atoms with E-state index in [0.29, 0.717) is 19.0 Å². The van der Waals surface area contributed by atoms with E-state index in [1.165, 1.54) is 44.6 Å². The van der Waals surface area contributed by atoms with Crippen molar-refractivity contribution in [3.8, 4) is 5.75 Å². The fourth-order valence-corrected chi connectivity index (χ4v) is 6.36. The summed E-state index contributed by atoms with van der Waals surface area (Å²) in [5.74, 6) is 0.672. The summed E-state index contributed by atoms with van der Waals surface area (Å²) in [6.45, 7) is 2.60. The fraction of sp³-hybridized carbons (Fsp3) is 0.500. The lowest BCUT2D eigenvalue weighted by atomic mass is 9.84. The Balaban J connectivity index is 1.78. The largest absolute Gasteiger partial charge is 0.497 e. The molecule has 6 nitrogen and oxygen atoms in total. The van der Waals surface area contributed by atoms with Crippen molar-refractivity contribution in [1.29, 1.82) is 0 Å². The van der Waals surface area contributed by atoms with Crippen LogP contribution in [0.5, 0.6) is 5.75 Å². The van der Waals surface area contributed by atoms with Crippen LogP contribution in [-0.4, -0.2) is 57.2 Å². The van der Waals surface area contributed by atoms with Gasteiger partial charge in [-0.05, 0) is 68.2 Å². The van der Waals surface area contributed by atoms with Gasteiger partial charge in [0.2, 0.25) is 0 Å². The van der Waals surface area contributed by atoms with E-state index in [1.807, 2.05) is 43.3 Å². The van der Waals surface area contributed by atoms with Gasteiger partial charge >= 0.3 is 5.97 Å². The van der Waals surface area contributed by atoms with Crippen molar-refractivity contribution in [2.75, 3.05) is 39.2 Å². The maximum atomic E-state index is 13.9. The Hall–Kier alpha value is -2.51. The van der Waals surface area contributed by atoms with Crippen LogP contribution < -0.4 is 9.64 Å². The third-order valence-corrected chi connectivity index (χ3v) is 8.25. The average Bonchev–Trinajstić information content (AvgIpc) is 2.97. The van der Waals surface area contributed by atoms with Gasteiger partial charge in [0.25, 0.3) is 5.91 Å². The van der Waals surface area contributed by atoms with E-state index >= 15 is 0 Å². The minimum absolute atomic E-state index is 0.181. The maximum Gasteiger partial charge on any atom is 0.303 e. The molecule has 0 aromatic heterocycles. The first kappa shape index (κ1) is 25.6. The molecule has 1 saturated carbocycles. The smallest absolute Gasteiger partial charge is 0.303 e. The van der Waals surface area contributed by atoms with Gasteiger partial charge in [-0.1, -0.05) is 37.5 Å². The highest BCUT2D eigenvalue weighted by atomic mass is 32.2. The summed E-state index contributed by atoms with van der Waals surface area (Å²) in [7, 11) is 5.62. The zero-order valence-corrected chi connectivity index (χ0v) is 22.0. The Morgan fingerprint density at radius 2 is 1.74 bits per heavy atom. The molecule has 2 aromatic carbocycles. The van der Waals surface area contributed by atoms with Crippen molar-refractivity contribution < 1.29 is 19.1 Å². The summed E-state index contributed by atoms with van der Waals surface area (Å²) in [5, 5.41) is -0.359. The summed E-state index contributed by atoms with van der Waals surface area (Å²) in [6, 6.07) is 14.3. The normalized spacial score (nSPS) is 20.9. The second kappa shape index (κ2) is 11.5. The molecule has 1 heterocycles. The van der Waals surface area contributed by atoms with Crippen LogP contribution in [0.3, 0.4) is 0 Å². The zero-order valence-electron chi connectivity index (χ0n) is 21.2. The average molecular weight is 497 g/mol. The van der Waals surface area contributed by atoms with Crippen LogP contribution in [0.15, 0.2) is 47.4 Å². The van der Waals surface area contributed by atoms with Crippen LogP contribution in [0.4, 0.5) is 5.69 Å². The van der Waals surface area contributed by atoms with Gasteiger partial charge in [0.1, 0.15) is 5.75 Å². The van der Waals surface area contributed by atoms with Crippen molar-refractivity contribution in [3.05, 3.63) is 53.6 Å². The quantitative estimate of drug-likeness (QED) is 0.478. The minimum atomic E-state index is -0.918. The molecule has 0 unspecified atom stereocenters. The molecule has 0 spiro atoms. The van der Waals surface area contributed by atoms with E-state index in [-0.39, 0.29) is 11.2 Å². The van der Waals surface area contributed by atoms with Gasteiger partial charge in [-0.25, -0.2) is 0 Å². The number of fused-ring (bicyclic) bond motifs is 1. The third kappa shape index (κ3) is 6.01. The van der Waals surface area contributed by atoms with Gasteiger partial charge < -0.3 is 19.3 Å². The SMILES string of the molecule is COc1ccc([C@@H]2Sc3cc(C4CCCCC4)ccc3N(CCN(C)C)C(=O)[C@@H]2OC(C)=O)cc1. The molecular formula is C28H36N2O4S. The molecule has 7 heteroatoms. The molecular weight excluding hydrogens is 460 g/mol. The van der Waals surface area contributed by atoms with Crippen molar-refractivity contribution in [1.82, 2.24) is 4.90 Å². The lowest BCUT2D eigenvalue weighted by molar-refractivity contribution is -0.152. The maximum absolute atomic E-state index is 13.9. The summed E-state index contributed by atoms with van der Waals surface area (Å²) in [5.41, 5.74) is 3.17. The number of anilines is 1. The molecule has 1 amide bonds. The number of likely N-dealkylation sites (N-methyl/N-ethyl adjacent to an activating group) is 1. The number of esters is 1. The fourth-order valence-electron chi connectivity index (χ4n) is 5.00. The Bertz CT molecular complexity index is 1030. The minimum Gasteiger partial charge on any atom is -0.497 e. The van der Waals surface area contributed by atoms with Crippen LogP contribution in [0.2, 0.25) is 0 Å². The Morgan fingerprint density at radius 1 is 1.06 bits per heavy atom. The predicted octanol–water partition coefficient (Wildman–Crippen LogP) is 5.42. The Morgan fingerprint density at radius 3 is 2.37 bits per heavy atom. The van der Waals surface area contributed by atoms with E-state index in [9.17, 15) is 9.59 Å². The summed E-state index contributed by atoms with van der Waals surface area (Å²) >= 11 is 1.62. The molecule has 4 rings (SSSR count). The van der Waals surface area contributed by atoms with Crippen molar-refractivity contribution >= 4 is 29.3 Å². The number of hydrogen-bond donors (Lipinski definition) is 0. The molecule has 188 valence electrons. The first-order valence-electron chi connectivity index (χ1n) is 12.4. The number of thioether (sulfide) groups is 1. The van der Waals surface area contributed by atoms with Crippen LogP contribution in [0.1, 0.15) is 61.3 Å². The zero-order chi connectivity index (χ0) is 24.9. The molecule has 1 aliphatic carbocycles. The number of benzene rings is 2. The van der Waals surface area contributed by atoms with E-state index in [1.54, 1.807) is 18.9 Å². The van der Waals surface area contributed by atoms with Crippen molar-refractivity contribution in [2.24, 2.45) is 0 Å². The lowest BCUT2D eigenvalue weighted by Crippen LogP contribution is -2.45. The molecule has 0 saturated heterocycles. The van der Waals surface area contributed by atoms with E-state index < -0.39 is 12.1 Å². The molecule has 1 fully saturated rings. The highest BCUT2D eigenvalue weighted by Gasteiger charge is 2.41. The molecule has 2 aliphatic rings. The third-order valence-electron chi connectivity index (χ3n) is 6.90. The first-order valence-corrected chi connectivity index (χ1v) is 13.3. The Labute approximate surface area is 213 Å². The van der Waals surface area contributed by atoms with Crippen LogP contribution in [-0.2, 0) is 14.3 Å². The summed E-state index contributed by atoms with van der Waals surface area (Å²) in [6.07, 6.45) is 5.36. The molecule has 2 aromatic rings. The van der Waals surface area contributed by atoms with Gasteiger partial charge in [0.05, 0.1) is 18.0 Å². The second-order valence-corrected chi connectivity index (χ2v) is 10.9. The number of methoxy groups -OCH3 is 1. The van der Waals surface area contributed by atoms with Gasteiger partial charge in [-0.15, -0.1) is 11.8 Å². The summed E-state index contributed by atoms with van der Waals surface area (Å²) in [4.78, 5) is 31.0. The highest BCUT2D eigenvalue weighted by Crippen LogP contribution is 2.48. The topological polar surface area (TPSA) is 59.1 Å². The van der Waals surface area contributed by atoms with Gasteiger partial charge in [0.15, 0.2) is 6.10 Å². The number of nitrogens with zero attached hydrogens (tertiary/aromatic N) is 2. The summed E-state index contributed by atoms with van der Waals surface area (Å²) < 4.78 is 11.1. The molecule has 0 radical (unpaired) electrons. The van der Waals surface area contributed by atoms with E-state index in [4.69, 9.17) is 9.47 Å². The number of carbonyl (C=O) groups excluding carboxylic acids is 2. The number of rotatable bonds is 7. The van der Waals surface area contributed by atoms with E-state index in [2.05, 4.69) is 23.1 Å². The molecule has 0 N–H and O–H groups in total. The predicted molar refractivity (Wildman–Crippen MR) is 140 cm³/mol. The Kier molecular flexibility index (Phi) is 8.39. The monoisotopic (exact) mass is 496 g/mol. The molecule has 35 heavy (non-hydrogen) atoms. The van der Waals surface area contributed by atoms with Gasteiger partial charge in [-0.3, -0.25) is 9.59 Å². The van der Waals surface area contributed by atoms with E-state index in [0.717, 1.165) is 21.9 Å². The first-order chi connectivity index (χ1) is 16.9. The number of carbonyl (C=O) groups is 2. The standard InChI is InChI=1S/C28H36N2O4S/c1-19(31)34-26-27(21-10-13-23(33-4)14-11-21)35-25-18-22(20-8-6-5-7-9-20)12-15-24(25)30(28(26)32)17-16-29(2)3/h10-15,18,20,26-27H,5-9,16-17H2,1-4H3/t26-,27+/m1/s1. The molecule has 1 aliphatic heterocycles. The molecule has 2 atom stereocenters. The lowest BCUT2D eigenvalue weighted by Gasteiger charge is -2.28. The van der Waals surface area contributed by atoms with Crippen molar-refractivity contribution in [2.45, 2.75) is 61.2 Å². The second-order valence-electron chi connectivity index (χ2n) is 9.70. The van der Waals surface area contributed by atoms with Crippen molar-refractivity contribution in [3.63, 3.8) is 0 Å². The van der Waals surface area contributed by atoms with Gasteiger partial charge in [0, 0.05) is 24.9 Å². The van der Waals surface area contributed by atoms with Gasteiger partial charge in [-0.2, -0.15) is 0 Å². The van der Waals surface area contributed by atoms with Crippen LogP contribution in [0.25, 0.3) is 0 Å². The van der Waals surface area contributed by atoms with Crippen LogP contribution in [0, 0.1) is 0 Å². The number of ether oxygens (including phenoxy) is 2. The number of hydrogen-bond acceptors (Lipinski definition) is 6.